The van der Waals surface area contributed by atoms with Gasteiger partial charge in [-0.15, -0.1) is 0 Å². The Morgan fingerprint density at radius 1 is 1.26 bits per heavy atom. The first kappa shape index (κ1) is 24.0. The third-order valence-electron chi connectivity index (χ3n) is 2.35. The summed E-state index contributed by atoms with van der Waals surface area (Å²) in [6.45, 7) is 6.05. The van der Waals surface area contributed by atoms with E-state index in [1.807, 2.05) is 31.9 Å². The number of thioether (sulfide) groups is 1. The zero-order valence-corrected chi connectivity index (χ0v) is 16.1. The Morgan fingerprint density at radius 2 is 1.74 bits per heavy atom. The van der Waals surface area contributed by atoms with E-state index in [2.05, 4.69) is 17.6 Å². The summed E-state index contributed by atoms with van der Waals surface area (Å²) in [6, 6.07) is 0.815. The van der Waals surface area contributed by atoms with Gasteiger partial charge in [-0.3, -0.25) is 6.29 Å². The van der Waals surface area contributed by atoms with E-state index in [0.29, 0.717) is 18.5 Å². The maximum absolute atomic E-state index is 10.6. The minimum absolute atomic E-state index is 0. The minimum Gasteiger partial charge on any atom is -0.542 e. The average Bonchev–Trinajstić information content (AvgIpc) is 2.90. The maximum Gasteiger partial charge on any atom is 2.00 e. The molecule has 0 aromatic carbocycles. The maximum atomic E-state index is 10.6. The van der Waals surface area contributed by atoms with Crippen molar-refractivity contribution in [1.29, 1.82) is 0 Å². The van der Waals surface area contributed by atoms with Gasteiger partial charge < -0.3 is 22.9 Å². The van der Waals surface area contributed by atoms with E-state index in [-0.39, 0.29) is 34.5 Å². The molecule has 19 heavy (non-hydrogen) atoms. The van der Waals surface area contributed by atoms with Crippen LogP contribution in [0.4, 0.5) is 4.79 Å². The predicted molar refractivity (Wildman–Crippen MR) is 79.5 cm³/mol. The van der Waals surface area contributed by atoms with Crippen LogP contribution in [0.3, 0.4) is 0 Å². The molecule has 0 saturated carbocycles. The van der Waals surface area contributed by atoms with Crippen molar-refractivity contribution >= 4 is 24.1 Å². The molecule has 0 aromatic rings. The largest absolute Gasteiger partial charge is 2.00 e. The summed E-state index contributed by atoms with van der Waals surface area (Å²) in [5.41, 5.74) is 0. The van der Waals surface area contributed by atoms with Crippen molar-refractivity contribution in [3.05, 3.63) is 7.43 Å². The van der Waals surface area contributed by atoms with Crippen LogP contribution in [-0.2, 0) is 25.9 Å². The number of rotatable bonds is 3. The van der Waals surface area contributed by atoms with Gasteiger partial charge >= 0.3 is 27.1 Å². The summed E-state index contributed by atoms with van der Waals surface area (Å²) in [6.07, 6.45) is 4.51. The van der Waals surface area contributed by atoms with Crippen LogP contribution < -0.4 is 10.6 Å². The molecule has 2 aliphatic heterocycles. The molecule has 2 unspecified atom stereocenters. The van der Waals surface area contributed by atoms with Crippen LogP contribution in [0.2, 0.25) is 0 Å². The standard InChI is InChI=1S/C5H8N2OS.C5H9O.C2H6.CH3.W/c8-5-6-3-1-9-2-4(3)7-5;1-2-3-4-5-6;1-2;;/h3-4H,1-2H2,(H2,6,7,8);2-4H2,1H3;1-2H3;1H3;/q;-1;;-1;+2. The van der Waals surface area contributed by atoms with E-state index >= 15 is 0 Å². The SMILES string of the molecule is CC.CCCC[C-]=O.O=C1NC2CSCC2N1.[CH3-].[W+2]. The fourth-order valence-electron chi connectivity index (χ4n) is 1.47. The number of amides is 2. The molecule has 2 rings (SSSR count). The van der Waals surface area contributed by atoms with E-state index in [9.17, 15) is 9.59 Å². The Kier molecular flexibility index (Phi) is 20.3. The van der Waals surface area contributed by atoms with Gasteiger partial charge in [-0.05, 0) is 0 Å². The van der Waals surface area contributed by atoms with Gasteiger partial charge in [0.2, 0.25) is 0 Å². The van der Waals surface area contributed by atoms with Crippen molar-refractivity contribution in [2.24, 2.45) is 0 Å². The molecular formula is C13H26N2O2SW. The molecule has 0 radical (unpaired) electrons. The second-order valence-electron chi connectivity index (χ2n) is 3.62. The monoisotopic (exact) mass is 458 g/mol. The summed E-state index contributed by atoms with van der Waals surface area (Å²) in [5, 5.41) is 5.69. The zero-order valence-electron chi connectivity index (χ0n) is 12.3. The molecule has 2 aliphatic rings. The molecule has 2 atom stereocenters. The number of hydrogen-bond donors (Lipinski definition) is 2. The van der Waals surface area contributed by atoms with Crippen molar-refractivity contribution in [3.63, 3.8) is 0 Å². The normalized spacial score (nSPS) is 21.7. The van der Waals surface area contributed by atoms with Crippen LogP contribution in [0.15, 0.2) is 0 Å². The summed E-state index contributed by atoms with van der Waals surface area (Å²) < 4.78 is 0. The molecular weight excluding hydrogens is 432 g/mol. The van der Waals surface area contributed by atoms with Gasteiger partial charge in [-0.2, -0.15) is 18.2 Å². The first-order valence-electron chi connectivity index (χ1n) is 6.27. The van der Waals surface area contributed by atoms with Crippen molar-refractivity contribution < 1.29 is 30.7 Å². The molecule has 2 saturated heterocycles. The second kappa shape index (κ2) is 16.0. The van der Waals surface area contributed by atoms with Crippen molar-refractivity contribution in [1.82, 2.24) is 10.6 Å². The Balaban J connectivity index is -0.000000231. The van der Waals surface area contributed by atoms with Crippen LogP contribution in [0.5, 0.6) is 0 Å². The van der Waals surface area contributed by atoms with E-state index in [1.54, 1.807) is 0 Å². The molecule has 0 aromatic heterocycles. The fourth-order valence-corrected chi connectivity index (χ4v) is 2.74. The molecule has 6 heteroatoms. The molecule has 112 valence electrons. The predicted octanol–water partition coefficient (Wildman–Crippen LogP) is 2.54. The quantitative estimate of drug-likeness (QED) is 0.389. The van der Waals surface area contributed by atoms with Gasteiger partial charge in [-0.1, -0.05) is 33.6 Å². The molecule has 0 spiro atoms. The van der Waals surface area contributed by atoms with Crippen LogP contribution in [-0.4, -0.2) is 35.9 Å². The van der Waals surface area contributed by atoms with Gasteiger partial charge in [0.25, 0.3) is 0 Å². The summed E-state index contributed by atoms with van der Waals surface area (Å²) in [5.74, 6) is 2.15. The first-order chi connectivity index (χ1) is 8.27. The third-order valence-corrected chi connectivity index (χ3v) is 3.54. The summed E-state index contributed by atoms with van der Waals surface area (Å²) in [7, 11) is 0. The summed E-state index contributed by atoms with van der Waals surface area (Å²) in [4.78, 5) is 20.1. The van der Waals surface area contributed by atoms with E-state index in [1.165, 1.54) is 0 Å². The molecule has 0 bridgehead atoms. The van der Waals surface area contributed by atoms with Gasteiger partial charge in [0, 0.05) is 11.5 Å². The number of fused-ring (bicyclic) bond motifs is 1. The van der Waals surface area contributed by atoms with Gasteiger partial charge in [0.1, 0.15) is 0 Å². The number of unbranched alkanes of at least 4 members (excludes halogenated alkanes) is 2. The first-order valence-corrected chi connectivity index (χ1v) is 7.43. The van der Waals surface area contributed by atoms with Gasteiger partial charge in [-0.25, -0.2) is 4.79 Å². The topological polar surface area (TPSA) is 58.2 Å². The third kappa shape index (κ3) is 10.4. The number of hydrogen-bond acceptors (Lipinski definition) is 3. The molecule has 2 N–H and O–H groups in total. The van der Waals surface area contributed by atoms with E-state index in [0.717, 1.165) is 24.3 Å². The Labute approximate surface area is 136 Å². The molecule has 2 heterocycles. The molecule has 4 nitrogen and oxygen atoms in total. The Bertz CT molecular complexity index is 217. The van der Waals surface area contributed by atoms with Gasteiger partial charge in [0.15, 0.2) is 0 Å². The number of carbonyl (C=O) groups is 1. The van der Waals surface area contributed by atoms with Crippen LogP contribution in [0.1, 0.15) is 40.0 Å². The number of carbonyl (C=O) groups excluding carboxylic acids is 2. The average molecular weight is 458 g/mol. The van der Waals surface area contributed by atoms with Crippen LogP contribution >= 0.6 is 11.8 Å². The fraction of sp³-hybridized carbons (Fsp3) is 0.769. The zero-order chi connectivity index (χ0) is 13.1. The van der Waals surface area contributed by atoms with Crippen molar-refractivity contribution in [3.8, 4) is 0 Å². The number of nitrogens with one attached hydrogen (secondary N) is 2. The second-order valence-corrected chi connectivity index (χ2v) is 4.69. The van der Waals surface area contributed by atoms with Crippen molar-refractivity contribution in [2.45, 2.75) is 52.1 Å². The smallest absolute Gasteiger partial charge is 0.542 e. The van der Waals surface area contributed by atoms with Crippen molar-refractivity contribution in [2.75, 3.05) is 11.5 Å². The molecule has 2 fully saturated rings. The van der Waals surface area contributed by atoms with Crippen LogP contribution in [0.25, 0.3) is 0 Å². The Morgan fingerprint density at radius 3 is 2.05 bits per heavy atom. The molecule has 2 amide bonds. The molecule has 0 aliphatic carbocycles. The Hall–Kier alpha value is -0.0217. The summed E-state index contributed by atoms with van der Waals surface area (Å²) >= 11 is 1.89. The number of urea groups is 1. The minimum atomic E-state index is 0. The van der Waals surface area contributed by atoms with E-state index < -0.39 is 0 Å². The van der Waals surface area contributed by atoms with E-state index in [4.69, 9.17) is 0 Å². The van der Waals surface area contributed by atoms with Crippen LogP contribution in [0, 0.1) is 7.43 Å². The van der Waals surface area contributed by atoms with Gasteiger partial charge in [0.05, 0.1) is 12.1 Å².